The van der Waals surface area contributed by atoms with E-state index in [1.807, 2.05) is 0 Å². The van der Waals surface area contributed by atoms with Crippen molar-refractivity contribution in [1.29, 1.82) is 5.26 Å². The van der Waals surface area contributed by atoms with E-state index in [9.17, 15) is 13.2 Å². The number of hydrogen-bond donors (Lipinski definition) is 0. The first-order valence-electron chi connectivity index (χ1n) is 4.27. The Morgan fingerprint density at radius 2 is 2.13 bits per heavy atom. The largest absolute Gasteiger partial charge is 0.293 e. The molecule has 4 nitrogen and oxygen atoms in total. The Morgan fingerprint density at radius 1 is 1.60 bits per heavy atom. The highest BCUT2D eigenvalue weighted by atomic mass is 32.2. The van der Waals surface area contributed by atoms with Gasteiger partial charge < -0.3 is 0 Å². The van der Waals surface area contributed by atoms with Crippen LogP contribution in [0.1, 0.15) is 13.3 Å². The van der Waals surface area contributed by atoms with E-state index in [1.165, 1.54) is 6.08 Å². The van der Waals surface area contributed by atoms with Crippen molar-refractivity contribution >= 4 is 15.6 Å². The summed E-state index contributed by atoms with van der Waals surface area (Å²) >= 11 is 0. The number of nitriles is 1. The third-order valence-corrected chi connectivity index (χ3v) is 2.40. The van der Waals surface area contributed by atoms with E-state index in [1.54, 1.807) is 13.0 Å². The van der Waals surface area contributed by atoms with Gasteiger partial charge in [0.2, 0.25) is 0 Å². The third kappa shape index (κ3) is 5.81. The molecule has 0 aliphatic carbocycles. The fourth-order valence-corrected chi connectivity index (χ4v) is 1.35. The molecule has 0 aromatic rings. The summed E-state index contributed by atoms with van der Waals surface area (Å²) in [5, 5.41) is 9.47. The van der Waals surface area contributed by atoms with E-state index < -0.39 is 15.8 Å². The number of allylic oxidation sites excluding steroid dienone is 2. The highest BCUT2D eigenvalue weighted by molar-refractivity contribution is 7.93. The first-order chi connectivity index (χ1) is 6.78. The summed E-state index contributed by atoms with van der Waals surface area (Å²) in [6.07, 6.45) is 2.76. The zero-order valence-electron chi connectivity index (χ0n) is 8.73. The molecule has 0 spiro atoms. The first-order valence-corrected chi connectivity index (χ1v) is 6.23. The summed E-state index contributed by atoms with van der Waals surface area (Å²) in [6.45, 7) is 4.92. The lowest BCUT2D eigenvalue weighted by atomic mass is 9.98. The van der Waals surface area contributed by atoms with E-state index in [0.29, 0.717) is 0 Å². The van der Waals surface area contributed by atoms with Crippen molar-refractivity contribution < 1.29 is 13.2 Å². The van der Waals surface area contributed by atoms with Gasteiger partial charge in [-0.2, -0.15) is 5.26 Å². The van der Waals surface area contributed by atoms with Gasteiger partial charge in [0.15, 0.2) is 15.6 Å². The smallest absolute Gasteiger partial charge is 0.175 e. The molecule has 0 bridgehead atoms. The van der Waals surface area contributed by atoms with Crippen molar-refractivity contribution in [2.24, 2.45) is 5.92 Å². The van der Waals surface area contributed by atoms with Crippen LogP contribution in [0.15, 0.2) is 23.6 Å². The molecule has 1 unspecified atom stereocenters. The van der Waals surface area contributed by atoms with Gasteiger partial charge in [0.05, 0.1) is 5.57 Å². The molecule has 0 rings (SSSR count). The molecule has 0 aliphatic heterocycles. The first kappa shape index (κ1) is 13.6. The van der Waals surface area contributed by atoms with Gasteiger partial charge >= 0.3 is 0 Å². The predicted molar refractivity (Wildman–Crippen MR) is 57.5 cm³/mol. The summed E-state index contributed by atoms with van der Waals surface area (Å²) in [7, 11) is -3.15. The predicted octanol–water partition coefficient (Wildman–Crippen LogP) is 1.22. The Bertz CT molecular complexity index is 426. The molecule has 5 heteroatoms. The maximum Gasteiger partial charge on any atom is 0.175 e. The van der Waals surface area contributed by atoms with Gasteiger partial charge in [-0.1, -0.05) is 19.6 Å². The molecule has 0 aromatic carbocycles. The minimum absolute atomic E-state index is 0.102. The number of ketones is 1. The molecule has 0 aliphatic rings. The van der Waals surface area contributed by atoms with Crippen LogP contribution in [0.2, 0.25) is 0 Å². The summed E-state index contributed by atoms with van der Waals surface area (Å²) in [5.41, 5.74) is -0.102. The van der Waals surface area contributed by atoms with Gasteiger partial charge in [-0.25, -0.2) is 8.42 Å². The highest BCUT2D eigenvalue weighted by Gasteiger charge is 2.14. The Balaban J connectivity index is 4.36. The average molecular weight is 227 g/mol. The van der Waals surface area contributed by atoms with Gasteiger partial charge in [0.1, 0.15) is 6.07 Å². The van der Waals surface area contributed by atoms with Crippen LogP contribution in [0.4, 0.5) is 0 Å². The SMILES string of the molecule is C=C(C#N)C(=O)C(C)C/C=C\S(C)(=O)=O. The molecule has 1 atom stereocenters. The topological polar surface area (TPSA) is 75.0 Å². The monoisotopic (exact) mass is 227 g/mol. The lowest BCUT2D eigenvalue weighted by Gasteiger charge is -2.04. The van der Waals surface area contributed by atoms with Crippen molar-refractivity contribution in [2.75, 3.05) is 6.26 Å². The fraction of sp³-hybridized carbons (Fsp3) is 0.400. The second-order valence-electron chi connectivity index (χ2n) is 3.29. The van der Waals surface area contributed by atoms with Crippen LogP contribution >= 0.6 is 0 Å². The Kier molecular flexibility index (Phi) is 4.95. The normalized spacial score (nSPS) is 13.4. The number of rotatable bonds is 5. The molecular formula is C10H13NO3S. The van der Waals surface area contributed by atoms with Crippen molar-refractivity contribution in [3.8, 4) is 6.07 Å². The van der Waals surface area contributed by atoms with Crippen LogP contribution in [0.5, 0.6) is 0 Å². The molecule has 0 aromatic heterocycles. The standard InChI is InChI=1S/C10H13NO3S/c1-8(10(12)9(2)7-11)5-4-6-15(3,13)14/h4,6,8H,2,5H2,1,3H3/b6-4-. The van der Waals surface area contributed by atoms with E-state index in [2.05, 4.69) is 6.58 Å². The number of nitrogens with zero attached hydrogens (tertiary/aromatic N) is 1. The molecule has 0 amide bonds. The maximum absolute atomic E-state index is 11.3. The second-order valence-corrected chi connectivity index (χ2v) is 5.22. The lowest BCUT2D eigenvalue weighted by Crippen LogP contribution is -2.11. The summed E-state index contributed by atoms with van der Waals surface area (Å²) in [6, 6.07) is 1.67. The number of Topliss-reactive ketones (excluding diaryl/α,β-unsaturated/α-hetero) is 1. The van der Waals surface area contributed by atoms with Gasteiger partial charge in [0.25, 0.3) is 0 Å². The zero-order chi connectivity index (χ0) is 12.1. The van der Waals surface area contributed by atoms with Crippen molar-refractivity contribution in [1.82, 2.24) is 0 Å². The molecule has 0 fully saturated rings. The van der Waals surface area contributed by atoms with Crippen molar-refractivity contribution in [2.45, 2.75) is 13.3 Å². The van der Waals surface area contributed by atoms with Crippen LogP contribution in [-0.4, -0.2) is 20.5 Å². The second kappa shape index (κ2) is 5.47. The van der Waals surface area contributed by atoms with E-state index in [4.69, 9.17) is 5.26 Å². The number of carbonyl (C=O) groups excluding carboxylic acids is 1. The lowest BCUT2D eigenvalue weighted by molar-refractivity contribution is -0.118. The minimum atomic E-state index is -3.15. The molecule has 0 radical (unpaired) electrons. The molecule has 0 N–H and O–H groups in total. The molecular weight excluding hydrogens is 214 g/mol. The van der Waals surface area contributed by atoms with Gasteiger partial charge in [-0.3, -0.25) is 4.79 Å². The molecule has 0 saturated heterocycles. The fourth-order valence-electron chi connectivity index (χ4n) is 0.894. The van der Waals surface area contributed by atoms with E-state index >= 15 is 0 Å². The quantitative estimate of drug-likeness (QED) is 0.522. The van der Waals surface area contributed by atoms with Crippen LogP contribution in [0.25, 0.3) is 0 Å². The van der Waals surface area contributed by atoms with Gasteiger partial charge in [-0.05, 0) is 6.42 Å². The minimum Gasteiger partial charge on any atom is -0.293 e. The Morgan fingerprint density at radius 3 is 2.53 bits per heavy atom. The number of hydrogen-bond acceptors (Lipinski definition) is 4. The molecule has 0 heterocycles. The number of carbonyl (C=O) groups is 1. The van der Waals surface area contributed by atoms with E-state index in [0.717, 1.165) is 11.7 Å². The molecule has 0 saturated carbocycles. The Labute approximate surface area is 89.8 Å². The third-order valence-electron chi connectivity index (χ3n) is 1.71. The summed E-state index contributed by atoms with van der Waals surface area (Å²) in [4.78, 5) is 11.3. The average Bonchev–Trinajstić information content (AvgIpc) is 2.13. The molecule has 82 valence electrons. The van der Waals surface area contributed by atoms with Crippen LogP contribution in [-0.2, 0) is 14.6 Å². The number of sulfone groups is 1. The maximum atomic E-state index is 11.3. The van der Waals surface area contributed by atoms with Gasteiger partial charge in [-0.15, -0.1) is 0 Å². The van der Waals surface area contributed by atoms with Crippen LogP contribution in [0, 0.1) is 17.2 Å². The van der Waals surface area contributed by atoms with Crippen molar-refractivity contribution in [3.63, 3.8) is 0 Å². The van der Waals surface area contributed by atoms with Crippen LogP contribution in [0.3, 0.4) is 0 Å². The van der Waals surface area contributed by atoms with Crippen LogP contribution < -0.4 is 0 Å². The van der Waals surface area contributed by atoms with E-state index in [-0.39, 0.29) is 17.8 Å². The zero-order valence-corrected chi connectivity index (χ0v) is 9.54. The van der Waals surface area contributed by atoms with Gasteiger partial charge in [0, 0.05) is 17.6 Å². The highest BCUT2D eigenvalue weighted by Crippen LogP contribution is 2.09. The summed E-state index contributed by atoms with van der Waals surface area (Å²) in [5.74, 6) is -0.772. The Hall–Kier alpha value is -1.41. The van der Waals surface area contributed by atoms with Crippen molar-refractivity contribution in [3.05, 3.63) is 23.6 Å². The summed E-state index contributed by atoms with van der Waals surface area (Å²) < 4.78 is 21.5. The molecule has 15 heavy (non-hydrogen) atoms.